The maximum atomic E-state index is 13.2. The van der Waals surface area contributed by atoms with Gasteiger partial charge >= 0.3 is 12.4 Å². The molecule has 0 aromatic heterocycles. The highest BCUT2D eigenvalue weighted by Gasteiger charge is 2.71. The smallest absolute Gasteiger partial charge is 0.369 e. The zero-order valence-electron chi connectivity index (χ0n) is 17.5. The third-order valence-corrected chi connectivity index (χ3v) is 6.96. The van der Waals surface area contributed by atoms with Crippen LogP contribution in [0.25, 0.3) is 0 Å². The van der Waals surface area contributed by atoms with Crippen molar-refractivity contribution in [2.45, 2.75) is 49.1 Å². The van der Waals surface area contributed by atoms with E-state index in [2.05, 4.69) is 11.8 Å². The summed E-state index contributed by atoms with van der Waals surface area (Å²) in [5.74, 6) is 0.548. The number of alkyl halides is 6. The fourth-order valence-electron chi connectivity index (χ4n) is 4.93. The molecule has 8 heteroatoms. The van der Waals surface area contributed by atoms with Crippen LogP contribution in [0.4, 0.5) is 26.3 Å². The van der Waals surface area contributed by atoms with Crippen molar-refractivity contribution in [2.24, 2.45) is 5.92 Å². The maximum Gasteiger partial charge on any atom is 0.430 e. The summed E-state index contributed by atoms with van der Waals surface area (Å²) in [6, 6.07) is 13.9. The van der Waals surface area contributed by atoms with Crippen LogP contribution < -0.4 is 0 Å². The molecule has 2 aromatic carbocycles. The highest BCUT2D eigenvalue weighted by molar-refractivity contribution is 5.39. The van der Waals surface area contributed by atoms with Crippen molar-refractivity contribution in [3.63, 3.8) is 0 Å². The summed E-state index contributed by atoms with van der Waals surface area (Å²) in [6.45, 7) is 4.47. The molecule has 4 rings (SSSR count). The molecular formula is C24H25F6NO. The van der Waals surface area contributed by atoms with Crippen molar-refractivity contribution in [3.8, 4) is 0 Å². The summed E-state index contributed by atoms with van der Waals surface area (Å²) in [4.78, 5) is 2.34. The lowest BCUT2D eigenvalue weighted by Crippen LogP contribution is -2.53. The average Bonchev–Trinajstić information content (AvgIpc) is 3.47. The molecule has 2 fully saturated rings. The van der Waals surface area contributed by atoms with Gasteiger partial charge in [0.05, 0.1) is 0 Å². The van der Waals surface area contributed by atoms with E-state index in [4.69, 9.17) is 0 Å². The molecule has 1 saturated heterocycles. The van der Waals surface area contributed by atoms with Crippen LogP contribution in [0.3, 0.4) is 0 Å². The maximum absolute atomic E-state index is 13.2. The average molecular weight is 457 g/mol. The SMILES string of the molecule is C[C@]1(c2ccccc2)CN(CC2CC2)C[C@H]1c1ccc(C(O)(C(F)(F)F)C(F)(F)F)cc1. The minimum absolute atomic E-state index is 0.109. The van der Waals surface area contributed by atoms with E-state index in [0.29, 0.717) is 18.0 Å². The second-order valence-electron chi connectivity index (χ2n) is 9.30. The Hall–Kier alpha value is -2.06. The molecule has 1 saturated carbocycles. The van der Waals surface area contributed by atoms with E-state index in [1.165, 1.54) is 25.0 Å². The lowest BCUT2D eigenvalue weighted by atomic mass is 9.71. The van der Waals surface area contributed by atoms with Crippen molar-refractivity contribution in [1.82, 2.24) is 4.90 Å². The van der Waals surface area contributed by atoms with E-state index >= 15 is 0 Å². The van der Waals surface area contributed by atoms with Gasteiger partial charge in [-0.15, -0.1) is 0 Å². The van der Waals surface area contributed by atoms with Crippen molar-refractivity contribution in [2.75, 3.05) is 19.6 Å². The van der Waals surface area contributed by atoms with Crippen LogP contribution in [0.1, 0.15) is 42.4 Å². The summed E-state index contributed by atoms with van der Waals surface area (Å²) < 4.78 is 79.4. The number of halogens is 6. The van der Waals surface area contributed by atoms with Gasteiger partial charge in [0.25, 0.3) is 5.60 Å². The fourth-order valence-corrected chi connectivity index (χ4v) is 4.93. The van der Waals surface area contributed by atoms with Gasteiger partial charge in [-0.2, -0.15) is 26.3 Å². The summed E-state index contributed by atoms with van der Waals surface area (Å²) in [5, 5.41) is 9.68. The van der Waals surface area contributed by atoms with Crippen LogP contribution in [-0.2, 0) is 11.0 Å². The van der Waals surface area contributed by atoms with Crippen molar-refractivity contribution >= 4 is 0 Å². The second kappa shape index (κ2) is 7.76. The van der Waals surface area contributed by atoms with Crippen LogP contribution in [0.15, 0.2) is 54.6 Å². The molecule has 174 valence electrons. The van der Waals surface area contributed by atoms with Gasteiger partial charge < -0.3 is 10.0 Å². The Morgan fingerprint density at radius 2 is 1.47 bits per heavy atom. The fraction of sp³-hybridized carbons (Fsp3) is 0.500. The molecule has 2 nitrogen and oxygen atoms in total. The molecule has 32 heavy (non-hydrogen) atoms. The van der Waals surface area contributed by atoms with Gasteiger partial charge in [-0.3, -0.25) is 0 Å². The molecule has 0 unspecified atom stereocenters. The molecular weight excluding hydrogens is 432 g/mol. The number of nitrogens with zero attached hydrogens (tertiary/aromatic N) is 1. The molecule has 1 heterocycles. The largest absolute Gasteiger partial charge is 0.430 e. The quantitative estimate of drug-likeness (QED) is 0.577. The van der Waals surface area contributed by atoms with E-state index in [-0.39, 0.29) is 11.3 Å². The van der Waals surface area contributed by atoms with Crippen LogP contribution in [-0.4, -0.2) is 42.0 Å². The van der Waals surface area contributed by atoms with Gasteiger partial charge in [-0.25, -0.2) is 0 Å². The minimum Gasteiger partial charge on any atom is -0.369 e. The molecule has 0 radical (unpaired) electrons. The predicted octanol–water partition coefficient (Wildman–Crippen LogP) is 5.77. The van der Waals surface area contributed by atoms with Crippen molar-refractivity contribution in [1.29, 1.82) is 0 Å². The normalized spacial score (nSPS) is 25.3. The number of hydrogen-bond donors (Lipinski definition) is 1. The molecule has 0 amide bonds. The van der Waals surface area contributed by atoms with Crippen LogP contribution in [0.5, 0.6) is 0 Å². The van der Waals surface area contributed by atoms with Gasteiger partial charge in [0.2, 0.25) is 0 Å². The first-order valence-corrected chi connectivity index (χ1v) is 10.6. The van der Waals surface area contributed by atoms with Gasteiger partial charge in [-0.05, 0) is 29.9 Å². The van der Waals surface area contributed by atoms with Crippen LogP contribution in [0, 0.1) is 5.92 Å². The van der Waals surface area contributed by atoms with Crippen molar-refractivity contribution in [3.05, 3.63) is 71.3 Å². The highest BCUT2D eigenvalue weighted by atomic mass is 19.4. The standard InChI is InChI=1S/C24H25F6NO/c1-21(18-5-3-2-4-6-18)15-31(13-16-7-8-16)14-20(21)17-9-11-19(12-10-17)22(32,23(25,26)27)24(28,29)30/h2-6,9-12,16,20,32H,7-8,13-15H2,1H3/t20-,21+/m0/s1. The number of aliphatic hydroxyl groups is 1. The Morgan fingerprint density at radius 3 is 1.97 bits per heavy atom. The highest BCUT2D eigenvalue weighted by Crippen LogP contribution is 2.51. The summed E-state index contributed by atoms with van der Waals surface area (Å²) in [5.41, 5.74) is -4.74. The molecule has 0 bridgehead atoms. The minimum atomic E-state index is -5.89. The molecule has 1 aliphatic heterocycles. The summed E-state index contributed by atoms with van der Waals surface area (Å²) in [7, 11) is 0. The number of rotatable bonds is 5. The molecule has 2 aliphatic rings. The number of hydrogen-bond acceptors (Lipinski definition) is 2. The Bertz CT molecular complexity index is 922. The molecule has 2 atom stereocenters. The molecule has 1 aliphatic carbocycles. The van der Waals surface area contributed by atoms with E-state index in [1.54, 1.807) is 0 Å². The first-order chi connectivity index (χ1) is 14.9. The number of likely N-dealkylation sites (tertiary alicyclic amines) is 1. The van der Waals surface area contributed by atoms with Gasteiger partial charge in [0, 0.05) is 36.5 Å². The monoisotopic (exact) mass is 457 g/mol. The Labute approximate surface area is 182 Å². The van der Waals surface area contributed by atoms with Gasteiger partial charge in [-0.1, -0.05) is 61.5 Å². The number of benzene rings is 2. The molecule has 1 N–H and O–H groups in total. The third-order valence-electron chi connectivity index (χ3n) is 6.96. The lowest BCUT2D eigenvalue weighted by Gasteiger charge is -2.34. The third kappa shape index (κ3) is 3.92. The van der Waals surface area contributed by atoms with E-state index in [0.717, 1.165) is 30.8 Å². The first-order valence-electron chi connectivity index (χ1n) is 10.6. The molecule has 0 spiro atoms. The zero-order chi connectivity index (χ0) is 23.4. The lowest BCUT2D eigenvalue weighted by molar-refractivity contribution is -0.376. The first kappa shape index (κ1) is 23.1. The van der Waals surface area contributed by atoms with E-state index in [1.807, 2.05) is 30.3 Å². The Morgan fingerprint density at radius 1 is 0.906 bits per heavy atom. The van der Waals surface area contributed by atoms with E-state index < -0.39 is 23.5 Å². The predicted molar refractivity (Wildman–Crippen MR) is 108 cm³/mol. The summed E-state index contributed by atoms with van der Waals surface area (Å²) >= 11 is 0. The molecule has 2 aromatic rings. The van der Waals surface area contributed by atoms with Crippen LogP contribution >= 0.6 is 0 Å². The second-order valence-corrected chi connectivity index (χ2v) is 9.30. The summed E-state index contributed by atoms with van der Waals surface area (Å²) in [6.07, 6.45) is -9.41. The van der Waals surface area contributed by atoms with Gasteiger partial charge in [0.1, 0.15) is 0 Å². The van der Waals surface area contributed by atoms with Gasteiger partial charge in [0.15, 0.2) is 0 Å². The van der Waals surface area contributed by atoms with Crippen LogP contribution in [0.2, 0.25) is 0 Å². The zero-order valence-corrected chi connectivity index (χ0v) is 17.5. The van der Waals surface area contributed by atoms with E-state index in [9.17, 15) is 31.4 Å². The topological polar surface area (TPSA) is 23.5 Å². The Balaban J connectivity index is 1.69. The Kier molecular flexibility index (Phi) is 5.61. The van der Waals surface area contributed by atoms with Crippen molar-refractivity contribution < 1.29 is 31.4 Å².